The average Bonchev–Trinajstić information content (AvgIpc) is 3.38. The number of nitrogens with zero attached hydrogens (tertiary/aromatic N) is 3. The molecule has 1 aliphatic heterocycles. The number of nitrogens with one attached hydrogen (secondary N) is 1. The van der Waals surface area contributed by atoms with Crippen molar-refractivity contribution in [2.45, 2.75) is 19.5 Å². The molecule has 0 bridgehead atoms. The zero-order valence-electron chi connectivity index (χ0n) is 17.4. The van der Waals surface area contributed by atoms with Gasteiger partial charge in [-0.3, -0.25) is 4.79 Å². The van der Waals surface area contributed by atoms with Gasteiger partial charge < -0.3 is 15.0 Å². The fraction of sp³-hybridized carbons (Fsp3) is 0.160. The van der Waals surface area contributed by atoms with Crippen molar-refractivity contribution < 1.29 is 9.53 Å². The van der Waals surface area contributed by atoms with Crippen LogP contribution in [0.5, 0.6) is 11.5 Å². The third-order valence-corrected chi connectivity index (χ3v) is 6.00. The molecule has 6 nitrogen and oxygen atoms in total. The van der Waals surface area contributed by atoms with Gasteiger partial charge in [0.25, 0.3) is 5.91 Å². The van der Waals surface area contributed by atoms with E-state index >= 15 is 0 Å². The van der Waals surface area contributed by atoms with E-state index in [-0.39, 0.29) is 5.91 Å². The van der Waals surface area contributed by atoms with Crippen LogP contribution in [0.1, 0.15) is 27.2 Å². The molecule has 1 aliphatic rings. The monoisotopic (exact) mass is 442 g/mol. The van der Waals surface area contributed by atoms with E-state index in [1.165, 1.54) is 11.3 Å². The SMILES string of the molecule is O=C(c1ccsc1)N1CCc2nc(NCc3cccc(Oc4ccccc4)c3)ncc2C1. The van der Waals surface area contributed by atoms with E-state index in [1.807, 2.05) is 82.5 Å². The minimum Gasteiger partial charge on any atom is -0.457 e. The van der Waals surface area contributed by atoms with E-state index in [0.717, 1.165) is 40.3 Å². The molecule has 32 heavy (non-hydrogen) atoms. The number of hydrogen-bond donors (Lipinski definition) is 1. The van der Waals surface area contributed by atoms with Gasteiger partial charge >= 0.3 is 0 Å². The van der Waals surface area contributed by atoms with E-state index in [1.54, 1.807) is 0 Å². The number of para-hydroxylation sites is 1. The van der Waals surface area contributed by atoms with Crippen molar-refractivity contribution in [2.24, 2.45) is 0 Å². The predicted octanol–water partition coefficient (Wildman–Crippen LogP) is 5.14. The average molecular weight is 443 g/mol. The van der Waals surface area contributed by atoms with Crippen LogP contribution in [0.2, 0.25) is 0 Å². The van der Waals surface area contributed by atoms with Gasteiger partial charge in [-0.2, -0.15) is 11.3 Å². The number of benzene rings is 2. The maximum atomic E-state index is 12.6. The summed E-state index contributed by atoms with van der Waals surface area (Å²) < 4.78 is 5.91. The Labute approximate surface area is 190 Å². The quantitative estimate of drug-likeness (QED) is 0.448. The zero-order valence-corrected chi connectivity index (χ0v) is 18.2. The van der Waals surface area contributed by atoms with E-state index < -0.39 is 0 Å². The molecule has 0 saturated heterocycles. The summed E-state index contributed by atoms with van der Waals surface area (Å²) >= 11 is 1.54. The summed E-state index contributed by atoms with van der Waals surface area (Å²) in [5.41, 5.74) is 3.82. The molecule has 1 amide bonds. The largest absolute Gasteiger partial charge is 0.457 e. The summed E-state index contributed by atoms with van der Waals surface area (Å²) in [5, 5.41) is 7.12. The number of thiophene rings is 1. The Kier molecular flexibility index (Phi) is 5.81. The van der Waals surface area contributed by atoms with Gasteiger partial charge in [-0.1, -0.05) is 30.3 Å². The van der Waals surface area contributed by atoms with E-state index in [2.05, 4.69) is 15.3 Å². The van der Waals surface area contributed by atoms with Crippen molar-refractivity contribution in [3.05, 3.63) is 100 Å². The van der Waals surface area contributed by atoms with Crippen molar-refractivity contribution in [3.8, 4) is 11.5 Å². The summed E-state index contributed by atoms with van der Waals surface area (Å²) in [6.45, 7) is 1.80. The Hall–Kier alpha value is -3.71. The normalized spacial score (nSPS) is 12.8. The van der Waals surface area contributed by atoms with Crippen molar-refractivity contribution in [1.29, 1.82) is 0 Å². The van der Waals surface area contributed by atoms with Crippen LogP contribution in [0.15, 0.2) is 77.6 Å². The Morgan fingerprint density at radius 1 is 1.09 bits per heavy atom. The lowest BCUT2D eigenvalue weighted by Gasteiger charge is -2.28. The topological polar surface area (TPSA) is 67.4 Å². The number of hydrogen-bond acceptors (Lipinski definition) is 6. The molecule has 2 aromatic carbocycles. The summed E-state index contributed by atoms with van der Waals surface area (Å²) in [6, 6.07) is 19.6. The molecule has 160 valence electrons. The molecule has 3 heterocycles. The van der Waals surface area contributed by atoms with E-state index in [9.17, 15) is 4.79 Å². The first-order valence-electron chi connectivity index (χ1n) is 10.5. The lowest BCUT2D eigenvalue weighted by atomic mass is 10.1. The van der Waals surface area contributed by atoms with Gasteiger partial charge in [0, 0.05) is 43.2 Å². The van der Waals surface area contributed by atoms with Crippen LogP contribution in [0.3, 0.4) is 0 Å². The van der Waals surface area contributed by atoms with Crippen molar-refractivity contribution in [3.63, 3.8) is 0 Å². The zero-order chi connectivity index (χ0) is 21.8. The predicted molar refractivity (Wildman–Crippen MR) is 125 cm³/mol. The van der Waals surface area contributed by atoms with Gasteiger partial charge in [0.15, 0.2) is 0 Å². The number of anilines is 1. The lowest BCUT2D eigenvalue weighted by Crippen LogP contribution is -2.36. The molecule has 2 aromatic heterocycles. The third kappa shape index (κ3) is 4.63. The Morgan fingerprint density at radius 3 is 2.81 bits per heavy atom. The highest BCUT2D eigenvalue weighted by Crippen LogP contribution is 2.23. The van der Waals surface area contributed by atoms with E-state index in [0.29, 0.717) is 25.6 Å². The number of carbonyl (C=O) groups is 1. The molecular formula is C25H22N4O2S. The summed E-state index contributed by atoms with van der Waals surface area (Å²) in [7, 11) is 0. The molecule has 0 spiro atoms. The molecular weight excluding hydrogens is 420 g/mol. The summed E-state index contributed by atoms with van der Waals surface area (Å²) in [6.07, 6.45) is 2.55. The third-order valence-electron chi connectivity index (χ3n) is 5.32. The molecule has 1 N–H and O–H groups in total. The van der Waals surface area contributed by atoms with Gasteiger partial charge in [-0.25, -0.2) is 9.97 Å². The molecule has 4 aromatic rings. The Morgan fingerprint density at radius 2 is 1.97 bits per heavy atom. The number of carbonyl (C=O) groups excluding carboxylic acids is 1. The van der Waals surface area contributed by atoms with Gasteiger partial charge in [0.2, 0.25) is 5.95 Å². The van der Waals surface area contributed by atoms with Crippen LogP contribution in [-0.2, 0) is 19.5 Å². The van der Waals surface area contributed by atoms with Crippen LogP contribution < -0.4 is 10.1 Å². The van der Waals surface area contributed by atoms with Gasteiger partial charge in [0.05, 0.1) is 11.3 Å². The van der Waals surface area contributed by atoms with Crippen molar-refractivity contribution in [1.82, 2.24) is 14.9 Å². The highest BCUT2D eigenvalue weighted by atomic mass is 32.1. The van der Waals surface area contributed by atoms with Gasteiger partial charge in [-0.15, -0.1) is 0 Å². The van der Waals surface area contributed by atoms with Crippen LogP contribution in [0.4, 0.5) is 5.95 Å². The number of ether oxygens (including phenoxy) is 1. The van der Waals surface area contributed by atoms with Crippen molar-refractivity contribution in [2.75, 3.05) is 11.9 Å². The number of aromatic nitrogens is 2. The molecule has 0 unspecified atom stereocenters. The molecule has 0 radical (unpaired) electrons. The number of rotatable bonds is 6. The lowest BCUT2D eigenvalue weighted by molar-refractivity contribution is 0.0734. The van der Waals surface area contributed by atoms with Crippen LogP contribution >= 0.6 is 11.3 Å². The highest BCUT2D eigenvalue weighted by Gasteiger charge is 2.23. The highest BCUT2D eigenvalue weighted by molar-refractivity contribution is 7.08. The first-order chi connectivity index (χ1) is 15.7. The Balaban J connectivity index is 1.21. The first kappa shape index (κ1) is 20.2. The number of fused-ring (bicyclic) bond motifs is 1. The Bertz CT molecular complexity index is 1210. The van der Waals surface area contributed by atoms with E-state index in [4.69, 9.17) is 4.74 Å². The summed E-state index contributed by atoms with van der Waals surface area (Å²) in [4.78, 5) is 23.6. The van der Waals surface area contributed by atoms with Crippen LogP contribution in [-0.4, -0.2) is 27.3 Å². The second kappa shape index (κ2) is 9.20. The van der Waals surface area contributed by atoms with Crippen LogP contribution in [0.25, 0.3) is 0 Å². The molecule has 0 fully saturated rings. The first-order valence-corrected chi connectivity index (χ1v) is 11.4. The minimum absolute atomic E-state index is 0.0664. The fourth-order valence-electron chi connectivity index (χ4n) is 3.67. The smallest absolute Gasteiger partial charge is 0.255 e. The standard InChI is InChI=1S/C25H22N4O2S/c30-24(19-10-12-32-17-19)29-11-9-23-20(16-29)15-27-25(28-23)26-14-18-5-4-8-22(13-18)31-21-6-2-1-3-7-21/h1-8,10,12-13,15,17H,9,11,14,16H2,(H,26,27,28). The maximum absolute atomic E-state index is 12.6. The molecule has 0 aliphatic carbocycles. The molecule has 7 heteroatoms. The van der Waals surface area contributed by atoms with Crippen LogP contribution in [0, 0.1) is 0 Å². The second-order valence-electron chi connectivity index (χ2n) is 7.57. The maximum Gasteiger partial charge on any atom is 0.255 e. The van der Waals surface area contributed by atoms with Gasteiger partial charge in [0.1, 0.15) is 11.5 Å². The fourth-order valence-corrected chi connectivity index (χ4v) is 4.30. The summed E-state index contributed by atoms with van der Waals surface area (Å²) in [5.74, 6) is 2.26. The number of amides is 1. The van der Waals surface area contributed by atoms with Gasteiger partial charge in [-0.05, 0) is 41.3 Å². The minimum atomic E-state index is 0.0664. The second-order valence-corrected chi connectivity index (χ2v) is 8.35. The molecule has 0 saturated carbocycles. The molecule has 0 atom stereocenters. The van der Waals surface area contributed by atoms with Crippen molar-refractivity contribution >= 4 is 23.2 Å². The molecule has 5 rings (SSSR count).